The summed E-state index contributed by atoms with van der Waals surface area (Å²) in [7, 11) is -0.440. The molecule has 180 valence electrons. The Morgan fingerprint density at radius 1 is 0.794 bits per heavy atom. The van der Waals surface area contributed by atoms with Crippen molar-refractivity contribution in [3.05, 3.63) is 89.5 Å². The van der Waals surface area contributed by atoms with Crippen molar-refractivity contribution in [3.63, 3.8) is 0 Å². The Hall–Kier alpha value is -3.36. The zero-order chi connectivity index (χ0) is 24.4. The topological polar surface area (TPSA) is 93.7 Å². The van der Waals surface area contributed by atoms with Crippen LogP contribution in [0.3, 0.4) is 0 Å². The number of aryl methyl sites for hydroxylation is 1. The van der Waals surface area contributed by atoms with E-state index >= 15 is 0 Å². The highest BCUT2D eigenvalue weighted by Crippen LogP contribution is 2.27. The van der Waals surface area contributed by atoms with Crippen molar-refractivity contribution in [2.75, 3.05) is 20.8 Å². The minimum absolute atomic E-state index is 0.118. The molecule has 0 saturated carbocycles. The second kappa shape index (κ2) is 12.2. The Labute approximate surface area is 201 Å². The summed E-state index contributed by atoms with van der Waals surface area (Å²) in [6, 6.07) is 21.8. The van der Waals surface area contributed by atoms with Gasteiger partial charge in [-0.15, -0.1) is 0 Å². The van der Waals surface area contributed by atoms with E-state index in [1.807, 2.05) is 48.5 Å². The molecule has 0 radical (unpaired) electrons. The van der Waals surface area contributed by atoms with Gasteiger partial charge in [0.05, 0.1) is 31.2 Å². The van der Waals surface area contributed by atoms with Crippen LogP contribution in [0.5, 0.6) is 11.5 Å². The average molecular weight is 483 g/mol. The minimum Gasteiger partial charge on any atom is -0.496 e. The monoisotopic (exact) mass is 482 g/mol. The van der Waals surface area contributed by atoms with Crippen LogP contribution in [0.25, 0.3) is 0 Å². The maximum absolute atomic E-state index is 12.5. The van der Waals surface area contributed by atoms with Crippen molar-refractivity contribution in [3.8, 4) is 11.5 Å². The van der Waals surface area contributed by atoms with Crippen molar-refractivity contribution < 1.29 is 22.7 Å². The number of nitrogens with one attached hydrogen (secondary N) is 2. The first-order chi connectivity index (χ1) is 16.4. The first kappa shape index (κ1) is 25.3. The van der Waals surface area contributed by atoms with Gasteiger partial charge in [-0.05, 0) is 48.2 Å². The summed E-state index contributed by atoms with van der Waals surface area (Å²) < 4.78 is 38.4. The van der Waals surface area contributed by atoms with E-state index in [2.05, 4.69) is 10.0 Å². The number of carbonyl (C=O) groups excluding carboxylic acids is 1. The highest BCUT2D eigenvalue weighted by molar-refractivity contribution is 7.89. The SMILES string of the molecule is COc1cccc(OC)c1CNC(=O)CCc1ccc(S(=O)(=O)NCCc2ccccc2)cc1. The molecule has 0 aliphatic carbocycles. The molecular weight excluding hydrogens is 452 g/mol. The molecule has 3 aromatic carbocycles. The molecule has 0 spiro atoms. The normalized spacial score (nSPS) is 11.1. The van der Waals surface area contributed by atoms with Crippen LogP contribution in [0.15, 0.2) is 77.7 Å². The molecule has 0 aliphatic rings. The largest absolute Gasteiger partial charge is 0.496 e. The summed E-state index contributed by atoms with van der Waals surface area (Å²) in [5.41, 5.74) is 2.73. The summed E-state index contributed by atoms with van der Waals surface area (Å²) in [6.07, 6.45) is 1.39. The molecule has 0 bridgehead atoms. The van der Waals surface area contributed by atoms with Crippen LogP contribution in [-0.2, 0) is 34.2 Å². The Balaban J connectivity index is 1.48. The lowest BCUT2D eigenvalue weighted by molar-refractivity contribution is -0.121. The highest BCUT2D eigenvalue weighted by Gasteiger charge is 2.14. The van der Waals surface area contributed by atoms with Gasteiger partial charge in [-0.1, -0.05) is 48.5 Å². The molecule has 3 rings (SSSR count). The third-order valence-corrected chi connectivity index (χ3v) is 6.89. The van der Waals surface area contributed by atoms with Crippen LogP contribution in [-0.4, -0.2) is 35.1 Å². The summed E-state index contributed by atoms with van der Waals surface area (Å²) in [6.45, 7) is 0.614. The third-order valence-electron chi connectivity index (χ3n) is 5.42. The zero-order valence-corrected chi connectivity index (χ0v) is 20.2. The fourth-order valence-corrected chi connectivity index (χ4v) is 4.56. The maximum Gasteiger partial charge on any atom is 0.240 e. The molecule has 2 N–H and O–H groups in total. The van der Waals surface area contributed by atoms with Gasteiger partial charge in [0.1, 0.15) is 11.5 Å². The van der Waals surface area contributed by atoms with E-state index in [0.29, 0.717) is 30.9 Å². The van der Waals surface area contributed by atoms with Crippen LogP contribution in [0.4, 0.5) is 0 Å². The molecule has 0 fully saturated rings. The zero-order valence-electron chi connectivity index (χ0n) is 19.4. The lowest BCUT2D eigenvalue weighted by Crippen LogP contribution is -2.26. The molecule has 1 amide bonds. The van der Waals surface area contributed by atoms with Crippen molar-refractivity contribution >= 4 is 15.9 Å². The molecule has 34 heavy (non-hydrogen) atoms. The van der Waals surface area contributed by atoms with Gasteiger partial charge in [0.15, 0.2) is 0 Å². The van der Waals surface area contributed by atoms with Crippen molar-refractivity contribution in [1.29, 1.82) is 0 Å². The predicted octanol–water partition coefficient (Wildman–Crippen LogP) is 3.47. The second-order valence-electron chi connectivity index (χ2n) is 7.70. The van der Waals surface area contributed by atoms with Gasteiger partial charge in [0.2, 0.25) is 15.9 Å². The van der Waals surface area contributed by atoms with E-state index in [1.165, 1.54) is 0 Å². The molecule has 7 nitrogen and oxygen atoms in total. The average Bonchev–Trinajstić information content (AvgIpc) is 2.86. The van der Waals surface area contributed by atoms with Crippen LogP contribution < -0.4 is 19.5 Å². The number of amides is 1. The molecule has 0 unspecified atom stereocenters. The number of hydrogen-bond acceptors (Lipinski definition) is 5. The molecular formula is C26H30N2O5S. The van der Waals surface area contributed by atoms with Crippen LogP contribution in [0.2, 0.25) is 0 Å². The maximum atomic E-state index is 12.5. The fourth-order valence-electron chi connectivity index (χ4n) is 3.53. The lowest BCUT2D eigenvalue weighted by atomic mass is 10.1. The molecule has 0 atom stereocenters. The Morgan fingerprint density at radius 3 is 2.03 bits per heavy atom. The van der Waals surface area contributed by atoms with Crippen LogP contribution >= 0.6 is 0 Å². The van der Waals surface area contributed by atoms with Crippen molar-refractivity contribution in [2.24, 2.45) is 0 Å². The number of benzene rings is 3. The smallest absolute Gasteiger partial charge is 0.240 e. The Bertz CT molecular complexity index is 1160. The molecule has 0 aromatic heterocycles. The molecule has 0 saturated heterocycles. The Morgan fingerprint density at radius 2 is 1.41 bits per heavy atom. The second-order valence-corrected chi connectivity index (χ2v) is 9.46. The summed E-state index contributed by atoms with van der Waals surface area (Å²) in [5, 5.41) is 2.89. The highest BCUT2D eigenvalue weighted by atomic mass is 32.2. The van der Waals surface area contributed by atoms with E-state index in [4.69, 9.17) is 9.47 Å². The molecule has 3 aromatic rings. The predicted molar refractivity (Wildman–Crippen MR) is 131 cm³/mol. The molecule has 8 heteroatoms. The van der Waals surface area contributed by atoms with Gasteiger partial charge in [-0.25, -0.2) is 13.1 Å². The van der Waals surface area contributed by atoms with E-state index in [1.54, 1.807) is 38.5 Å². The van der Waals surface area contributed by atoms with E-state index in [-0.39, 0.29) is 23.8 Å². The van der Waals surface area contributed by atoms with Gasteiger partial charge in [0, 0.05) is 13.0 Å². The first-order valence-corrected chi connectivity index (χ1v) is 12.5. The number of ether oxygens (including phenoxy) is 2. The number of methoxy groups -OCH3 is 2. The van der Waals surface area contributed by atoms with Gasteiger partial charge in [-0.3, -0.25) is 4.79 Å². The minimum atomic E-state index is -3.58. The Kier molecular flexibility index (Phi) is 9.07. The first-order valence-electron chi connectivity index (χ1n) is 11.0. The van der Waals surface area contributed by atoms with E-state index in [0.717, 1.165) is 16.7 Å². The van der Waals surface area contributed by atoms with Gasteiger partial charge < -0.3 is 14.8 Å². The molecule has 0 aliphatic heterocycles. The van der Waals surface area contributed by atoms with E-state index < -0.39 is 10.0 Å². The summed E-state index contributed by atoms with van der Waals surface area (Å²) >= 11 is 0. The van der Waals surface area contributed by atoms with Crippen LogP contribution in [0, 0.1) is 0 Å². The van der Waals surface area contributed by atoms with Gasteiger partial charge >= 0.3 is 0 Å². The van der Waals surface area contributed by atoms with Gasteiger partial charge in [0.25, 0.3) is 0 Å². The standard InChI is InChI=1S/C26H30N2O5S/c1-32-24-9-6-10-25(33-2)23(24)19-27-26(29)16-13-21-11-14-22(15-12-21)34(30,31)28-18-17-20-7-4-3-5-8-20/h3-12,14-15,28H,13,16-19H2,1-2H3,(H,27,29). The number of rotatable bonds is 12. The van der Waals surface area contributed by atoms with Crippen molar-refractivity contribution in [2.45, 2.75) is 30.7 Å². The number of hydrogen-bond donors (Lipinski definition) is 2. The lowest BCUT2D eigenvalue weighted by Gasteiger charge is -2.13. The van der Waals surface area contributed by atoms with Gasteiger partial charge in [-0.2, -0.15) is 0 Å². The van der Waals surface area contributed by atoms with E-state index in [9.17, 15) is 13.2 Å². The summed E-state index contributed by atoms with van der Waals surface area (Å²) in [4.78, 5) is 12.6. The number of sulfonamides is 1. The van der Waals surface area contributed by atoms with Crippen molar-refractivity contribution in [1.82, 2.24) is 10.0 Å². The summed E-state index contributed by atoms with van der Waals surface area (Å²) in [5.74, 6) is 1.18. The quantitative estimate of drug-likeness (QED) is 0.412. The number of carbonyl (C=O) groups is 1. The van der Waals surface area contributed by atoms with Crippen LogP contribution in [0.1, 0.15) is 23.1 Å². The fraction of sp³-hybridized carbons (Fsp3) is 0.269. The molecule has 0 heterocycles. The third kappa shape index (κ3) is 7.07.